The smallest absolute Gasteiger partial charge is 0.258 e. The summed E-state index contributed by atoms with van der Waals surface area (Å²) in [4.78, 5) is 11.9. The highest BCUT2D eigenvalue weighted by Gasteiger charge is 2.08. The lowest BCUT2D eigenvalue weighted by atomic mass is 10.2. The Morgan fingerprint density at radius 1 is 1.50 bits per heavy atom. The average Bonchev–Trinajstić information content (AvgIpc) is 2.88. The van der Waals surface area contributed by atoms with Crippen LogP contribution in [0.4, 0.5) is 5.69 Å². The maximum absolute atomic E-state index is 11.9. The molecular formula is C13H15N3O2. The number of aryl methyl sites for hydroxylation is 1. The van der Waals surface area contributed by atoms with Gasteiger partial charge in [-0.2, -0.15) is 5.10 Å². The average molecular weight is 245 g/mol. The van der Waals surface area contributed by atoms with Gasteiger partial charge in [-0.25, -0.2) is 0 Å². The van der Waals surface area contributed by atoms with Crippen LogP contribution in [0.3, 0.4) is 0 Å². The molecule has 0 atom stereocenters. The van der Waals surface area contributed by atoms with Crippen LogP contribution >= 0.6 is 0 Å². The van der Waals surface area contributed by atoms with Crippen LogP contribution in [0.1, 0.15) is 22.8 Å². The maximum Gasteiger partial charge on any atom is 0.258 e. The second-order valence-corrected chi connectivity index (χ2v) is 3.90. The van der Waals surface area contributed by atoms with Gasteiger partial charge >= 0.3 is 0 Å². The summed E-state index contributed by atoms with van der Waals surface area (Å²) in [5.41, 5.74) is 1.94. The van der Waals surface area contributed by atoms with Crippen molar-refractivity contribution in [2.45, 2.75) is 20.1 Å². The second kappa shape index (κ2) is 5.46. The first-order valence-electron chi connectivity index (χ1n) is 5.76. The molecule has 0 bridgehead atoms. The second-order valence-electron chi connectivity index (χ2n) is 3.90. The number of aliphatic hydroxyl groups is 1. The first kappa shape index (κ1) is 12.3. The van der Waals surface area contributed by atoms with Crippen molar-refractivity contribution in [3.8, 4) is 0 Å². The Hall–Kier alpha value is -2.14. The molecule has 2 aromatic rings. The van der Waals surface area contributed by atoms with Crippen LogP contribution < -0.4 is 5.32 Å². The lowest BCUT2D eigenvalue weighted by molar-refractivity contribution is 0.102. The number of benzene rings is 1. The molecule has 1 aromatic carbocycles. The molecule has 18 heavy (non-hydrogen) atoms. The number of hydrogen-bond donors (Lipinski definition) is 2. The highest BCUT2D eigenvalue weighted by Crippen LogP contribution is 2.12. The van der Waals surface area contributed by atoms with Gasteiger partial charge in [-0.1, -0.05) is 12.1 Å². The Morgan fingerprint density at radius 2 is 2.33 bits per heavy atom. The Balaban J connectivity index is 2.10. The largest absolute Gasteiger partial charge is 0.392 e. The topological polar surface area (TPSA) is 67.2 Å². The van der Waals surface area contributed by atoms with Gasteiger partial charge in [0.2, 0.25) is 0 Å². The van der Waals surface area contributed by atoms with Crippen molar-refractivity contribution in [1.82, 2.24) is 9.78 Å². The van der Waals surface area contributed by atoms with Crippen molar-refractivity contribution in [2.24, 2.45) is 0 Å². The maximum atomic E-state index is 11.9. The minimum Gasteiger partial charge on any atom is -0.392 e. The van der Waals surface area contributed by atoms with E-state index in [9.17, 15) is 4.79 Å². The molecular weight excluding hydrogens is 230 g/mol. The number of rotatable bonds is 4. The van der Waals surface area contributed by atoms with Gasteiger partial charge in [-0.05, 0) is 24.6 Å². The van der Waals surface area contributed by atoms with E-state index >= 15 is 0 Å². The number of amides is 1. The van der Waals surface area contributed by atoms with Crippen LogP contribution in [0.15, 0.2) is 36.7 Å². The number of nitrogens with zero attached hydrogens (tertiary/aromatic N) is 2. The molecule has 0 saturated carbocycles. The summed E-state index contributed by atoms with van der Waals surface area (Å²) in [5.74, 6) is -0.204. The zero-order valence-electron chi connectivity index (χ0n) is 10.1. The Labute approximate surface area is 105 Å². The van der Waals surface area contributed by atoms with Crippen LogP contribution in [0, 0.1) is 0 Å². The lowest BCUT2D eigenvalue weighted by Crippen LogP contribution is -2.11. The van der Waals surface area contributed by atoms with Gasteiger partial charge in [0, 0.05) is 18.4 Å². The molecule has 0 unspecified atom stereocenters. The molecule has 0 aliphatic rings. The summed E-state index contributed by atoms with van der Waals surface area (Å²) in [6.07, 6.45) is 3.24. The summed E-state index contributed by atoms with van der Waals surface area (Å²) < 4.78 is 1.69. The standard InChI is InChI=1S/C13H15N3O2/c1-2-16-8-11(7-14-16)13(18)15-12-5-3-4-10(6-12)9-17/h3-8,17H,2,9H2,1H3,(H,15,18). The summed E-state index contributed by atoms with van der Waals surface area (Å²) in [7, 11) is 0. The van der Waals surface area contributed by atoms with Gasteiger partial charge in [0.25, 0.3) is 5.91 Å². The molecule has 0 spiro atoms. The zero-order chi connectivity index (χ0) is 13.0. The van der Waals surface area contributed by atoms with Crippen molar-refractivity contribution >= 4 is 11.6 Å². The highest BCUT2D eigenvalue weighted by molar-refractivity contribution is 6.03. The Kier molecular flexibility index (Phi) is 3.74. The Morgan fingerprint density at radius 3 is 3.00 bits per heavy atom. The molecule has 5 heteroatoms. The van der Waals surface area contributed by atoms with Crippen molar-refractivity contribution in [3.63, 3.8) is 0 Å². The van der Waals surface area contributed by atoms with Crippen molar-refractivity contribution < 1.29 is 9.90 Å². The van der Waals surface area contributed by atoms with Gasteiger partial charge in [0.15, 0.2) is 0 Å². The van der Waals surface area contributed by atoms with E-state index in [-0.39, 0.29) is 12.5 Å². The quantitative estimate of drug-likeness (QED) is 0.860. The zero-order valence-corrected chi connectivity index (χ0v) is 10.1. The summed E-state index contributed by atoms with van der Waals surface area (Å²) in [6, 6.07) is 7.10. The molecule has 94 valence electrons. The molecule has 0 radical (unpaired) electrons. The van der Waals surface area contributed by atoms with E-state index in [2.05, 4.69) is 10.4 Å². The van der Waals surface area contributed by atoms with Crippen LogP contribution in [0.25, 0.3) is 0 Å². The van der Waals surface area contributed by atoms with Gasteiger partial charge in [-0.3, -0.25) is 9.48 Å². The van der Waals surface area contributed by atoms with E-state index in [0.717, 1.165) is 12.1 Å². The third-order valence-electron chi connectivity index (χ3n) is 2.59. The highest BCUT2D eigenvalue weighted by atomic mass is 16.3. The van der Waals surface area contributed by atoms with Crippen LogP contribution in [-0.4, -0.2) is 20.8 Å². The molecule has 2 rings (SSSR count). The van der Waals surface area contributed by atoms with Crippen molar-refractivity contribution in [2.75, 3.05) is 5.32 Å². The van der Waals surface area contributed by atoms with Crippen molar-refractivity contribution in [1.29, 1.82) is 0 Å². The number of aliphatic hydroxyl groups excluding tert-OH is 1. The molecule has 5 nitrogen and oxygen atoms in total. The lowest BCUT2D eigenvalue weighted by Gasteiger charge is -2.04. The fourth-order valence-electron chi connectivity index (χ4n) is 1.60. The summed E-state index contributed by atoms with van der Waals surface area (Å²) >= 11 is 0. The minimum atomic E-state index is -0.204. The first-order chi connectivity index (χ1) is 8.72. The third kappa shape index (κ3) is 2.75. The van der Waals surface area contributed by atoms with E-state index in [1.165, 1.54) is 6.20 Å². The fraction of sp³-hybridized carbons (Fsp3) is 0.231. The third-order valence-corrected chi connectivity index (χ3v) is 2.59. The van der Waals surface area contributed by atoms with Crippen molar-refractivity contribution in [3.05, 3.63) is 47.8 Å². The van der Waals surface area contributed by atoms with Gasteiger partial charge in [0.05, 0.1) is 18.4 Å². The van der Waals surface area contributed by atoms with Crippen LogP contribution in [0.2, 0.25) is 0 Å². The molecule has 1 heterocycles. The van der Waals surface area contributed by atoms with Gasteiger partial charge < -0.3 is 10.4 Å². The SMILES string of the molecule is CCn1cc(C(=O)Nc2cccc(CO)c2)cn1. The molecule has 2 N–H and O–H groups in total. The normalized spacial score (nSPS) is 10.3. The van der Waals surface area contributed by atoms with Gasteiger partial charge in [-0.15, -0.1) is 0 Å². The predicted molar refractivity (Wildman–Crippen MR) is 68.2 cm³/mol. The van der Waals surface area contributed by atoms with E-state index in [1.54, 1.807) is 35.1 Å². The van der Waals surface area contributed by atoms with E-state index in [0.29, 0.717) is 11.3 Å². The number of carbonyl (C=O) groups is 1. The molecule has 1 amide bonds. The van der Waals surface area contributed by atoms with E-state index in [1.807, 2.05) is 6.92 Å². The fourth-order valence-corrected chi connectivity index (χ4v) is 1.60. The van der Waals surface area contributed by atoms with E-state index < -0.39 is 0 Å². The van der Waals surface area contributed by atoms with Crippen LogP contribution in [-0.2, 0) is 13.2 Å². The number of hydrogen-bond acceptors (Lipinski definition) is 3. The first-order valence-corrected chi connectivity index (χ1v) is 5.76. The molecule has 0 saturated heterocycles. The van der Waals surface area contributed by atoms with E-state index in [4.69, 9.17) is 5.11 Å². The molecule has 0 aliphatic carbocycles. The Bertz CT molecular complexity index is 549. The molecule has 1 aromatic heterocycles. The number of carbonyl (C=O) groups excluding carboxylic acids is 1. The summed E-state index contributed by atoms with van der Waals surface area (Å²) in [5, 5.41) is 15.8. The van der Waals surface area contributed by atoms with Gasteiger partial charge in [0.1, 0.15) is 0 Å². The molecule has 0 aliphatic heterocycles. The minimum absolute atomic E-state index is 0.0442. The van der Waals surface area contributed by atoms with Crippen LogP contribution in [0.5, 0.6) is 0 Å². The predicted octanol–water partition coefficient (Wildman–Crippen LogP) is 1.65. The number of anilines is 1. The molecule has 0 fully saturated rings. The monoisotopic (exact) mass is 245 g/mol. The number of nitrogens with one attached hydrogen (secondary N) is 1. The summed E-state index contributed by atoms with van der Waals surface area (Å²) in [6.45, 7) is 2.64. The number of aromatic nitrogens is 2.